The van der Waals surface area contributed by atoms with E-state index in [-0.39, 0.29) is 37.0 Å². The maximum absolute atomic E-state index is 14.5. The Morgan fingerprint density at radius 1 is 0.761 bits per heavy atom. The third-order valence-corrected chi connectivity index (χ3v) is 8.18. The zero-order chi connectivity index (χ0) is 32.0. The number of hydrogen-bond donors (Lipinski definition) is 1. The molecule has 1 N–H and O–H groups in total. The number of carboxylic acid groups (broad SMARTS) is 1. The number of halogens is 3. The lowest BCUT2D eigenvalue weighted by Gasteiger charge is -2.25. The molecule has 0 saturated heterocycles. The summed E-state index contributed by atoms with van der Waals surface area (Å²) < 4.78 is 43.4. The van der Waals surface area contributed by atoms with Gasteiger partial charge in [0.15, 0.2) is 0 Å². The van der Waals surface area contributed by atoms with Gasteiger partial charge in [-0.05, 0) is 71.3 Å². The Hall–Kier alpha value is -4.98. The van der Waals surface area contributed by atoms with Crippen LogP contribution >= 0.6 is 11.6 Å². The number of carbonyl (C=O) groups is 1. The van der Waals surface area contributed by atoms with Crippen LogP contribution < -0.4 is 4.74 Å². The second-order valence-electron chi connectivity index (χ2n) is 10.8. The third kappa shape index (κ3) is 6.66. The quantitative estimate of drug-likeness (QED) is 0.145. The molecule has 0 spiro atoms. The molecule has 46 heavy (non-hydrogen) atoms. The van der Waals surface area contributed by atoms with Crippen LogP contribution in [0.2, 0.25) is 5.02 Å². The standard InChI is InChI=1S/C38H30ClF2NO4/c39-28-16-19-35-31(22-28)30(20-21-46-29-17-14-27(15-18-29)38(43)44)36(24-45-23-32-33(40)12-7-13-34(32)41)42(35)37(25-8-3-1-4-9-25)26-10-5-2-6-11-26/h1-19,22,37H,20-21,23-24H2,(H,43,44). The van der Waals surface area contributed by atoms with Gasteiger partial charge in [-0.2, -0.15) is 0 Å². The molecule has 0 aliphatic heterocycles. The molecule has 0 bridgehead atoms. The molecule has 0 aliphatic rings. The van der Waals surface area contributed by atoms with Crippen LogP contribution in [0.3, 0.4) is 0 Å². The van der Waals surface area contributed by atoms with E-state index >= 15 is 0 Å². The first-order valence-electron chi connectivity index (χ1n) is 14.8. The first-order chi connectivity index (χ1) is 22.4. The molecule has 0 radical (unpaired) electrons. The van der Waals surface area contributed by atoms with Crippen molar-refractivity contribution in [3.05, 3.63) is 171 Å². The minimum atomic E-state index is -1.01. The van der Waals surface area contributed by atoms with Crippen molar-refractivity contribution in [1.82, 2.24) is 4.57 Å². The van der Waals surface area contributed by atoms with Crippen molar-refractivity contribution in [1.29, 1.82) is 0 Å². The van der Waals surface area contributed by atoms with E-state index in [1.54, 1.807) is 12.1 Å². The van der Waals surface area contributed by atoms with Gasteiger partial charge in [-0.1, -0.05) is 78.3 Å². The van der Waals surface area contributed by atoms with Crippen molar-refractivity contribution in [2.24, 2.45) is 0 Å². The zero-order valence-corrected chi connectivity index (χ0v) is 25.5. The van der Waals surface area contributed by atoms with E-state index in [1.165, 1.54) is 30.3 Å². The number of fused-ring (bicyclic) bond motifs is 1. The number of rotatable bonds is 12. The van der Waals surface area contributed by atoms with Crippen molar-refractivity contribution < 1.29 is 28.2 Å². The Kier molecular flexibility index (Phi) is 9.43. The molecular weight excluding hydrogens is 608 g/mol. The number of nitrogens with zero attached hydrogens (tertiary/aromatic N) is 1. The molecule has 5 nitrogen and oxygen atoms in total. The predicted octanol–water partition coefficient (Wildman–Crippen LogP) is 9.25. The summed E-state index contributed by atoms with van der Waals surface area (Å²) in [5.74, 6) is -1.81. The lowest BCUT2D eigenvalue weighted by molar-refractivity contribution is 0.0697. The highest BCUT2D eigenvalue weighted by Crippen LogP contribution is 2.38. The van der Waals surface area contributed by atoms with Crippen molar-refractivity contribution in [2.45, 2.75) is 25.7 Å². The van der Waals surface area contributed by atoms with E-state index in [2.05, 4.69) is 28.8 Å². The van der Waals surface area contributed by atoms with Crippen LogP contribution in [0.25, 0.3) is 10.9 Å². The summed E-state index contributed by atoms with van der Waals surface area (Å²) in [6, 6.07) is 35.7. The number of carboxylic acids is 1. The van der Waals surface area contributed by atoms with Crippen LogP contribution in [0.4, 0.5) is 8.78 Å². The molecule has 0 atom stereocenters. The van der Waals surface area contributed by atoms with Crippen molar-refractivity contribution >= 4 is 28.5 Å². The van der Waals surface area contributed by atoms with Gasteiger partial charge >= 0.3 is 5.97 Å². The number of aromatic carboxylic acids is 1. The molecule has 0 amide bonds. The topological polar surface area (TPSA) is 60.7 Å². The summed E-state index contributed by atoms with van der Waals surface area (Å²) in [7, 11) is 0. The number of aromatic nitrogens is 1. The molecular formula is C38H30ClF2NO4. The lowest BCUT2D eigenvalue weighted by Crippen LogP contribution is -2.17. The van der Waals surface area contributed by atoms with Gasteiger partial charge in [0.05, 0.1) is 31.4 Å². The molecule has 1 heterocycles. The highest BCUT2D eigenvalue weighted by molar-refractivity contribution is 6.31. The fourth-order valence-electron chi connectivity index (χ4n) is 5.78. The van der Waals surface area contributed by atoms with Crippen LogP contribution in [0.5, 0.6) is 5.75 Å². The number of hydrogen-bond acceptors (Lipinski definition) is 3. The lowest BCUT2D eigenvalue weighted by atomic mass is 9.98. The SMILES string of the molecule is O=C(O)c1ccc(OCCc2c(COCc3c(F)cccc3F)n(C(c3ccccc3)c3ccccc3)c3ccc(Cl)cc23)cc1. The predicted molar refractivity (Wildman–Crippen MR) is 175 cm³/mol. The monoisotopic (exact) mass is 637 g/mol. The first-order valence-corrected chi connectivity index (χ1v) is 15.2. The van der Waals surface area contributed by atoms with Crippen molar-refractivity contribution in [3.63, 3.8) is 0 Å². The van der Waals surface area contributed by atoms with E-state index in [4.69, 9.17) is 21.1 Å². The average Bonchev–Trinajstić information content (AvgIpc) is 3.35. The molecule has 5 aromatic carbocycles. The summed E-state index contributed by atoms with van der Waals surface area (Å²) >= 11 is 6.55. The van der Waals surface area contributed by atoms with Crippen LogP contribution in [0.1, 0.15) is 44.3 Å². The maximum Gasteiger partial charge on any atom is 0.335 e. The molecule has 0 saturated carbocycles. The van der Waals surface area contributed by atoms with Gasteiger partial charge in [0.25, 0.3) is 0 Å². The van der Waals surface area contributed by atoms with Crippen LogP contribution in [0.15, 0.2) is 121 Å². The Labute approximate surface area is 270 Å². The van der Waals surface area contributed by atoms with Crippen LogP contribution in [-0.4, -0.2) is 22.2 Å². The molecule has 0 aliphatic carbocycles. The minimum Gasteiger partial charge on any atom is -0.493 e. The fraction of sp³-hybridized carbons (Fsp3) is 0.132. The van der Waals surface area contributed by atoms with E-state index in [9.17, 15) is 18.7 Å². The van der Waals surface area contributed by atoms with E-state index in [1.807, 2.05) is 54.6 Å². The zero-order valence-electron chi connectivity index (χ0n) is 24.7. The molecule has 0 unspecified atom stereocenters. The third-order valence-electron chi connectivity index (χ3n) is 7.94. The molecule has 232 valence electrons. The van der Waals surface area contributed by atoms with Gasteiger partial charge in [0.1, 0.15) is 17.4 Å². The summed E-state index contributed by atoms with van der Waals surface area (Å²) in [5, 5.41) is 10.7. The van der Waals surface area contributed by atoms with E-state index in [0.717, 1.165) is 33.3 Å². The normalized spacial score (nSPS) is 11.3. The molecule has 6 aromatic rings. The van der Waals surface area contributed by atoms with Gasteiger partial charge in [-0.3, -0.25) is 0 Å². The minimum absolute atomic E-state index is 0.0544. The number of ether oxygens (including phenoxy) is 2. The second kappa shape index (κ2) is 14.0. The fourth-order valence-corrected chi connectivity index (χ4v) is 5.95. The van der Waals surface area contributed by atoms with Gasteiger partial charge in [-0.25, -0.2) is 13.6 Å². The van der Waals surface area contributed by atoms with Gasteiger partial charge < -0.3 is 19.1 Å². The van der Waals surface area contributed by atoms with E-state index in [0.29, 0.717) is 17.2 Å². The summed E-state index contributed by atoms with van der Waals surface area (Å²) in [5.41, 5.74) is 4.78. The number of benzene rings is 5. The van der Waals surface area contributed by atoms with Gasteiger partial charge in [0.2, 0.25) is 0 Å². The molecule has 0 fully saturated rings. The smallest absolute Gasteiger partial charge is 0.335 e. The Balaban J connectivity index is 1.44. The molecule has 6 rings (SSSR count). The Bertz CT molecular complexity index is 1900. The molecule has 1 aromatic heterocycles. The van der Waals surface area contributed by atoms with Crippen LogP contribution in [-0.2, 0) is 24.4 Å². The molecule has 8 heteroatoms. The largest absolute Gasteiger partial charge is 0.493 e. The Morgan fingerprint density at radius 2 is 1.39 bits per heavy atom. The first kappa shape index (κ1) is 31.0. The highest BCUT2D eigenvalue weighted by atomic mass is 35.5. The second-order valence-corrected chi connectivity index (χ2v) is 11.2. The van der Waals surface area contributed by atoms with Crippen molar-refractivity contribution in [2.75, 3.05) is 6.61 Å². The van der Waals surface area contributed by atoms with Crippen molar-refractivity contribution in [3.8, 4) is 5.75 Å². The average molecular weight is 638 g/mol. The Morgan fingerprint density at radius 3 is 2.00 bits per heavy atom. The van der Waals surface area contributed by atoms with Crippen LogP contribution in [0, 0.1) is 11.6 Å². The summed E-state index contributed by atoms with van der Waals surface area (Å²) in [4.78, 5) is 11.3. The summed E-state index contributed by atoms with van der Waals surface area (Å²) in [6.45, 7) is 0.0706. The van der Waals surface area contributed by atoms with Gasteiger partial charge in [0, 0.05) is 33.6 Å². The summed E-state index contributed by atoms with van der Waals surface area (Å²) in [6.07, 6.45) is 0.452. The highest BCUT2D eigenvalue weighted by Gasteiger charge is 2.26. The van der Waals surface area contributed by atoms with E-state index < -0.39 is 17.6 Å². The van der Waals surface area contributed by atoms with Gasteiger partial charge in [-0.15, -0.1) is 0 Å². The maximum atomic E-state index is 14.5.